The molecule has 1 unspecified atom stereocenters. The van der Waals surface area contributed by atoms with Crippen LogP contribution in [0.15, 0.2) is 0 Å². The second-order valence-corrected chi connectivity index (χ2v) is 2.64. The van der Waals surface area contributed by atoms with Crippen molar-refractivity contribution in [2.45, 2.75) is 25.6 Å². The van der Waals surface area contributed by atoms with Gasteiger partial charge in [0.25, 0.3) is 0 Å². The summed E-state index contributed by atoms with van der Waals surface area (Å²) >= 11 is 0. The van der Waals surface area contributed by atoms with Crippen LogP contribution in [0.4, 0.5) is 0 Å². The van der Waals surface area contributed by atoms with Gasteiger partial charge in [0.1, 0.15) is 7.85 Å². The van der Waals surface area contributed by atoms with Crippen molar-refractivity contribution < 1.29 is 0 Å². The first-order chi connectivity index (χ1) is 3.77. The zero-order valence-electron chi connectivity index (χ0n) is 6.20. The molecule has 0 aromatic heterocycles. The predicted octanol–water partition coefficient (Wildman–Crippen LogP) is 0.427. The molecule has 0 bridgehead atoms. The van der Waals surface area contributed by atoms with Crippen molar-refractivity contribution >= 4 is 7.85 Å². The van der Waals surface area contributed by atoms with E-state index in [0.29, 0.717) is 0 Å². The number of hydrogen-bond acceptors (Lipinski definition) is 1. The molecular weight excluding hydrogens is 96.9 g/mol. The van der Waals surface area contributed by atoms with Crippen LogP contribution in [0.1, 0.15) is 19.8 Å². The normalized spacial score (nSPS) is 13.8. The lowest BCUT2D eigenvalue weighted by Crippen LogP contribution is -2.07. The third-order valence-electron chi connectivity index (χ3n) is 1.21. The highest BCUT2D eigenvalue weighted by Gasteiger charge is 1.90. The molecule has 0 radical (unpaired) electrons. The predicted molar refractivity (Wildman–Crippen MR) is 41.1 cm³/mol. The van der Waals surface area contributed by atoms with Crippen LogP contribution in [-0.2, 0) is 0 Å². The molecule has 0 fully saturated rings. The molecule has 0 saturated carbocycles. The molecule has 0 amide bonds. The fourth-order valence-corrected chi connectivity index (χ4v) is 0.687. The van der Waals surface area contributed by atoms with Crippen molar-refractivity contribution in [3.8, 4) is 0 Å². The van der Waals surface area contributed by atoms with Crippen molar-refractivity contribution in [1.29, 1.82) is 0 Å². The standard InChI is InChI=1S/C6H16BN/c1-6(7)4-3-5-8-2/h6,8H,3-5,7H2,1-2H3. The van der Waals surface area contributed by atoms with E-state index in [9.17, 15) is 0 Å². The fourth-order valence-electron chi connectivity index (χ4n) is 0.687. The van der Waals surface area contributed by atoms with Crippen LogP contribution < -0.4 is 5.32 Å². The number of hydrogen-bond donors (Lipinski definition) is 1. The molecule has 1 N–H and O–H groups in total. The van der Waals surface area contributed by atoms with E-state index < -0.39 is 0 Å². The molecule has 0 aliphatic heterocycles. The van der Waals surface area contributed by atoms with Gasteiger partial charge in [0.2, 0.25) is 0 Å². The molecule has 0 aromatic carbocycles. The molecule has 0 spiro atoms. The Labute approximate surface area is 53.3 Å². The molecule has 48 valence electrons. The first kappa shape index (κ1) is 8.02. The van der Waals surface area contributed by atoms with E-state index in [-0.39, 0.29) is 0 Å². The van der Waals surface area contributed by atoms with Gasteiger partial charge in [-0.2, -0.15) is 0 Å². The highest BCUT2D eigenvalue weighted by molar-refractivity contribution is 6.11. The largest absolute Gasteiger partial charge is 0.320 e. The smallest absolute Gasteiger partial charge is 0.105 e. The lowest BCUT2D eigenvalue weighted by Gasteiger charge is -2.01. The monoisotopic (exact) mass is 113 g/mol. The van der Waals surface area contributed by atoms with Crippen LogP contribution in [-0.4, -0.2) is 21.4 Å². The number of rotatable bonds is 4. The Bertz CT molecular complexity index is 45.8. The molecule has 0 heterocycles. The van der Waals surface area contributed by atoms with Crippen molar-refractivity contribution in [2.24, 2.45) is 0 Å². The van der Waals surface area contributed by atoms with Gasteiger partial charge in [0, 0.05) is 0 Å². The average molecular weight is 113 g/mol. The van der Waals surface area contributed by atoms with Gasteiger partial charge in [-0.3, -0.25) is 0 Å². The van der Waals surface area contributed by atoms with Crippen LogP contribution in [0.25, 0.3) is 0 Å². The first-order valence-electron chi connectivity index (χ1n) is 3.42. The summed E-state index contributed by atoms with van der Waals surface area (Å²) in [5.41, 5.74) is 0. The summed E-state index contributed by atoms with van der Waals surface area (Å²) in [6.07, 6.45) is 2.66. The third-order valence-corrected chi connectivity index (χ3v) is 1.21. The summed E-state index contributed by atoms with van der Waals surface area (Å²) in [6, 6.07) is 0. The van der Waals surface area contributed by atoms with E-state index in [1.165, 1.54) is 12.8 Å². The molecule has 0 saturated heterocycles. The quantitative estimate of drug-likeness (QED) is 0.411. The van der Waals surface area contributed by atoms with Gasteiger partial charge in [0.15, 0.2) is 0 Å². The molecule has 2 heteroatoms. The summed E-state index contributed by atoms with van der Waals surface area (Å²) in [7, 11) is 4.26. The van der Waals surface area contributed by atoms with Gasteiger partial charge in [-0.1, -0.05) is 19.2 Å². The maximum atomic E-state index is 3.12. The molecule has 1 nitrogen and oxygen atoms in total. The Morgan fingerprint density at radius 1 is 1.62 bits per heavy atom. The van der Waals surface area contributed by atoms with Crippen LogP contribution in [0.3, 0.4) is 0 Å². The molecule has 0 aliphatic carbocycles. The summed E-state index contributed by atoms with van der Waals surface area (Å²) in [5.74, 6) is 0.864. The third kappa shape index (κ3) is 6.02. The van der Waals surface area contributed by atoms with Crippen molar-refractivity contribution in [3.05, 3.63) is 0 Å². The topological polar surface area (TPSA) is 12.0 Å². The van der Waals surface area contributed by atoms with Crippen LogP contribution in [0.2, 0.25) is 5.82 Å². The van der Waals surface area contributed by atoms with Gasteiger partial charge >= 0.3 is 0 Å². The minimum atomic E-state index is 0.864. The van der Waals surface area contributed by atoms with E-state index >= 15 is 0 Å². The maximum absolute atomic E-state index is 3.12. The van der Waals surface area contributed by atoms with Crippen molar-refractivity contribution in [2.75, 3.05) is 13.6 Å². The summed E-state index contributed by atoms with van der Waals surface area (Å²) in [5, 5.41) is 3.12. The summed E-state index contributed by atoms with van der Waals surface area (Å²) < 4.78 is 0. The minimum absolute atomic E-state index is 0.864. The Morgan fingerprint density at radius 2 is 2.25 bits per heavy atom. The van der Waals surface area contributed by atoms with Crippen LogP contribution in [0, 0.1) is 0 Å². The van der Waals surface area contributed by atoms with E-state index in [0.717, 1.165) is 12.4 Å². The summed E-state index contributed by atoms with van der Waals surface area (Å²) in [6.45, 7) is 3.42. The van der Waals surface area contributed by atoms with Gasteiger partial charge < -0.3 is 5.32 Å². The Kier molecular flexibility index (Phi) is 5.18. The molecule has 0 rings (SSSR count). The fraction of sp³-hybridized carbons (Fsp3) is 1.00. The highest BCUT2D eigenvalue weighted by atomic mass is 14.8. The Hall–Kier alpha value is 0.0249. The maximum Gasteiger partial charge on any atom is 0.105 e. The lowest BCUT2D eigenvalue weighted by atomic mass is 9.86. The van der Waals surface area contributed by atoms with Gasteiger partial charge in [-0.05, 0) is 20.0 Å². The molecule has 0 aromatic rings. The second-order valence-electron chi connectivity index (χ2n) is 2.64. The Morgan fingerprint density at radius 3 is 2.62 bits per heavy atom. The minimum Gasteiger partial charge on any atom is -0.320 e. The van der Waals surface area contributed by atoms with E-state index in [1.54, 1.807) is 0 Å². The Balaban J connectivity index is 2.72. The van der Waals surface area contributed by atoms with Crippen molar-refractivity contribution in [3.63, 3.8) is 0 Å². The lowest BCUT2D eigenvalue weighted by molar-refractivity contribution is 0.666. The van der Waals surface area contributed by atoms with E-state index in [2.05, 4.69) is 20.1 Å². The van der Waals surface area contributed by atoms with Crippen LogP contribution >= 0.6 is 0 Å². The van der Waals surface area contributed by atoms with Crippen molar-refractivity contribution in [1.82, 2.24) is 5.32 Å². The van der Waals surface area contributed by atoms with Crippen LogP contribution in [0.5, 0.6) is 0 Å². The zero-order valence-corrected chi connectivity index (χ0v) is 6.20. The zero-order chi connectivity index (χ0) is 6.41. The first-order valence-corrected chi connectivity index (χ1v) is 3.42. The number of nitrogens with one attached hydrogen (secondary N) is 1. The van der Waals surface area contributed by atoms with Gasteiger partial charge in [-0.25, -0.2) is 0 Å². The highest BCUT2D eigenvalue weighted by Crippen LogP contribution is 2.04. The molecule has 0 aliphatic rings. The second kappa shape index (κ2) is 5.17. The molecule has 1 atom stereocenters. The van der Waals surface area contributed by atoms with E-state index in [1.807, 2.05) is 7.05 Å². The average Bonchev–Trinajstić information content (AvgIpc) is 1.66. The van der Waals surface area contributed by atoms with Gasteiger partial charge in [0.05, 0.1) is 0 Å². The van der Waals surface area contributed by atoms with Gasteiger partial charge in [-0.15, -0.1) is 0 Å². The molecular formula is C6H16BN. The molecule has 8 heavy (non-hydrogen) atoms. The van der Waals surface area contributed by atoms with E-state index in [4.69, 9.17) is 0 Å². The summed E-state index contributed by atoms with van der Waals surface area (Å²) in [4.78, 5) is 0. The SMILES string of the molecule is BC(C)CCCNC.